The Morgan fingerprint density at radius 1 is 0.591 bits per heavy atom. The molecule has 0 aromatic heterocycles. The first-order valence-electron chi connectivity index (χ1n) is 2.63. The van der Waals surface area contributed by atoms with Gasteiger partial charge in [0.2, 0.25) is 0 Å². The van der Waals surface area contributed by atoms with Gasteiger partial charge >= 0.3 is 27.9 Å². The van der Waals surface area contributed by atoms with Crippen molar-refractivity contribution in [1.29, 1.82) is 0 Å². The quantitative estimate of drug-likeness (QED) is 0.175. The van der Waals surface area contributed by atoms with Crippen LogP contribution in [0.2, 0.25) is 0 Å². The summed E-state index contributed by atoms with van der Waals surface area (Å²) in [6, 6.07) is 0. The molecule has 0 aliphatic heterocycles. The van der Waals surface area contributed by atoms with Crippen molar-refractivity contribution in [2.45, 2.75) is 0 Å². The number of hydrogen-bond donors (Lipinski definition) is 2. The molecule has 0 saturated heterocycles. The number of halogens is 4. The van der Waals surface area contributed by atoms with Crippen LogP contribution < -0.4 is 6.15 Å². The Labute approximate surface area is 133 Å². The summed E-state index contributed by atoms with van der Waals surface area (Å²) in [6.07, 6.45) is 0. The second kappa shape index (κ2) is 14.4. The van der Waals surface area contributed by atoms with Crippen molar-refractivity contribution in [3.8, 4) is 0 Å². The number of hydrogen-bond acceptors (Lipinski definition) is 12. The van der Waals surface area contributed by atoms with Gasteiger partial charge in [0, 0.05) is 0 Å². The van der Waals surface area contributed by atoms with E-state index in [0.29, 0.717) is 0 Å². The molecule has 22 heteroatoms. The second-order valence-electron chi connectivity index (χ2n) is 1.59. The van der Waals surface area contributed by atoms with E-state index in [2.05, 4.69) is 0 Å². The number of rotatable bonds is 0. The molecule has 0 aromatic rings. The normalized spacial score (nSPS) is 10.5. The minimum Gasteiger partial charge on any atom is -0.722 e. The Morgan fingerprint density at radius 3 is 0.591 bits per heavy atom. The van der Waals surface area contributed by atoms with E-state index in [-0.39, 0.29) is 23.5 Å². The fourth-order valence-electron chi connectivity index (χ4n) is 0. The molecule has 0 radical (unpaired) electrons. The molecule has 0 amide bonds. The average molecular weight is 441 g/mol. The molecule has 0 bridgehead atoms. The summed E-state index contributed by atoms with van der Waals surface area (Å²) in [7, 11) is -21.4. The van der Waals surface area contributed by atoms with Crippen LogP contribution in [0.1, 0.15) is 0 Å². The molecule has 0 spiro atoms. The first kappa shape index (κ1) is 37.8. The van der Waals surface area contributed by atoms with Gasteiger partial charge in [-0.1, -0.05) is 3.89 Å². The van der Waals surface area contributed by atoms with Crippen molar-refractivity contribution in [2.75, 3.05) is 0 Å². The van der Waals surface area contributed by atoms with Gasteiger partial charge in [-0.3, -0.25) is 4.55 Å². The second-order valence-corrected chi connectivity index (χ2v) is 4.77. The predicted molar refractivity (Wildman–Crippen MR) is 55.8 cm³/mol. The largest absolute Gasteiger partial charge is 3.00 e. The van der Waals surface area contributed by atoms with E-state index in [4.69, 9.17) is 51.9 Å². The van der Waals surface area contributed by atoms with Crippen LogP contribution in [0.5, 0.6) is 0 Å². The van der Waals surface area contributed by atoms with Crippen molar-refractivity contribution >= 4 is 59.4 Å². The molecule has 0 aliphatic rings. The third-order valence-electron chi connectivity index (χ3n) is 0. The SMILES string of the molecule is N.O=S(=O)(O)F.O=S(=O)([O-])F.O=S(=O)([O-])F.O=S(=O)([O-])F.[Al+3]. The van der Waals surface area contributed by atoms with Gasteiger partial charge in [-0.15, -0.1) is 11.7 Å². The Hall–Kier alpha value is -0.148. The maximum atomic E-state index is 10.2. The average Bonchev–Trinajstić information content (AvgIpc) is 1.62. The van der Waals surface area contributed by atoms with E-state index in [9.17, 15) is 15.5 Å². The molecule has 22 heavy (non-hydrogen) atoms. The van der Waals surface area contributed by atoms with E-state index in [1.54, 1.807) is 0 Å². The van der Waals surface area contributed by atoms with Crippen LogP contribution in [0.25, 0.3) is 0 Å². The topological polar surface area (TPSA) is 261 Å². The zero-order valence-corrected chi connectivity index (χ0v) is 13.8. The third kappa shape index (κ3) is 324000. The Bertz CT molecular complexity index is 492. The molecule has 0 rings (SSSR count). The maximum absolute atomic E-state index is 10.2. The third-order valence-corrected chi connectivity index (χ3v) is 0. The molecule has 0 atom stereocenters. The van der Waals surface area contributed by atoms with Gasteiger partial charge < -0.3 is 19.8 Å². The van der Waals surface area contributed by atoms with E-state index in [1.165, 1.54) is 0 Å². The molecule has 13 nitrogen and oxygen atoms in total. The summed E-state index contributed by atoms with van der Waals surface area (Å²) in [4.78, 5) is 0. The van der Waals surface area contributed by atoms with Crippen LogP contribution >= 0.6 is 0 Å². The summed E-state index contributed by atoms with van der Waals surface area (Å²) in [5, 5.41) is 0. The molecular formula is H4AlF4NO12S4. The molecule has 136 valence electrons. The molecule has 4 N–H and O–H groups in total. The molecule has 0 heterocycles. The molecule has 0 fully saturated rings. The van der Waals surface area contributed by atoms with Gasteiger partial charge in [0.15, 0.2) is 0 Å². The minimum atomic E-state index is -5.42. The van der Waals surface area contributed by atoms with Crippen molar-refractivity contribution in [2.24, 2.45) is 0 Å². The standard InChI is InChI=1S/Al.4FHO3S.H3N/c;4*1-5(2,3)4;/h;4*(H,2,3,4);1H3/q+3;;;;;/p-3. The smallest absolute Gasteiger partial charge is 0.722 e. The van der Waals surface area contributed by atoms with Gasteiger partial charge in [0.05, 0.1) is 0 Å². The van der Waals surface area contributed by atoms with Crippen molar-refractivity contribution < 1.29 is 67.4 Å². The van der Waals surface area contributed by atoms with Gasteiger partial charge in [-0.2, -0.15) is 8.42 Å². The van der Waals surface area contributed by atoms with E-state index in [1.807, 2.05) is 0 Å². The Morgan fingerprint density at radius 2 is 0.591 bits per heavy atom. The van der Waals surface area contributed by atoms with Gasteiger partial charge in [0.25, 0.3) is 31.5 Å². The van der Waals surface area contributed by atoms with Crippen molar-refractivity contribution in [3.63, 3.8) is 0 Å². The fourth-order valence-corrected chi connectivity index (χ4v) is 0. The summed E-state index contributed by atoms with van der Waals surface area (Å²) in [5.74, 6) is 0. The fraction of sp³-hybridized carbons (Fsp3) is 0. The van der Waals surface area contributed by atoms with Gasteiger partial charge in [0.1, 0.15) is 0 Å². The van der Waals surface area contributed by atoms with Crippen LogP contribution in [-0.4, -0.2) is 69.2 Å². The predicted octanol–water partition coefficient (Wildman–Crippen LogP) is -2.21. The zero-order chi connectivity index (χ0) is 18.0. The van der Waals surface area contributed by atoms with E-state index in [0.717, 1.165) is 0 Å². The molecule has 0 unspecified atom stereocenters. The summed E-state index contributed by atoms with van der Waals surface area (Å²) >= 11 is 0. The summed E-state index contributed by atoms with van der Waals surface area (Å²) in [6.45, 7) is 0. The summed E-state index contributed by atoms with van der Waals surface area (Å²) in [5.41, 5.74) is 0. The van der Waals surface area contributed by atoms with E-state index >= 15 is 0 Å². The van der Waals surface area contributed by atoms with Crippen LogP contribution in [-0.2, 0) is 42.0 Å². The monoisotopic (exact) mass is 441 g/mol. The first-order valence-corrected chi connectivity index (χ1v) is 7.90. The molecule has 0 aliphatic carbocycles. The van der Waals surface area contributed by atoms with Crippen molar-refractivity contribution in [3.05, 3.63) is 0 Å². The van der Waals surface area contributed by atoms with Crippen molar-refractivity contribution in [1.82, 2.24) is 6.15 Å². The van der Waals surface area contributed by atoms with Gasteiger partial charge in [-0.05, 0) is 0 Å². The van der Waals surface area contributed by atoms with Gasteiger partial charge in [-0.25, -0.2) is 25.3 Å². The first-order chi connectivity index (χ1) is 8.00. The molecular weight excluding hydrogens is 437 g/mol. The Balaban J connectivity index is -0.0000000376. The van der Waals surface area contributed by atoms with E-state index < -0.39 is 42.0 Å². The van der Waals surface area contributed by atoms with Crippen LogP contribution in [0.4, 0.5) is 15.5 Å². The molecule has 0 saturated carbocycles. The van der Waals surface area contributed by atoms with Crippen LogP contribution in [0.3, 0.4) is 0 Å². The maximum Gasteiger partial charge on any atom is 3.00 e. The van der Waals surface area contributed by atoms with Crippen LogP contribution in [0, 0.1) is 0 Å². The minimum absolute atomic E-state index is 0. The molecule has 0 aromatic carbocycles. The Kier molecular flexibility index (Phi) is 24.8. The zero-order valence-electron chi connectivity index (χ0n) is 9.37. The van der Waals surface area contributed by atoms with Crippen LogP contribution in [0.15, 0.2) is 0 Å². The summed E-state index contributed by atoms with van der Waals surface area (Å²) < 4.78 is 140.